The number of nitrogens with zero attached hydrogens (tertiary/aromatic N) is 2. The third kappa shape index (κ3) is 3.73. The van der Waals surface area contributed by atoms with Crippen LogP contribution in [-0.4, -0.2) is 23.3 Å². The molecular weight excluding hydrogens is 374 g/mol. The number of carbonyl (C=O) groups is 2. The van der Waals surface area contributed by atoms with Gasteiger partial charge in [0.25, 0.3) is 11.6 Å². The Bertz CT molecular complexity index is 1090. The SMILES string of the molecule is O=C(Nc1ccccc1N1CCCC1=O)c1ccc(-c2ccc([N+](=O)[O-])cc2)o1. The summed E-state index contributed by atoms with van der Waals surface area (Å²) in [7, 11) is 0. The predicted molar refractivity (Wildman–Crippen MR) is 107 cm³/mol. The zero-order valence-corrected chi connectivity index (χ0v) is 15.3. The normalized spacial score (nSPS) is 13.5. The van der Waals surface area contributed by atoms with Crippen molar-refractivity contribution in [1.82, 2.24) is 0 Å². The second-order valence-corrected chi connectivity index (χ2v) is 6.59. The highest BCUT2D eigenvalue weighted by molar-refractivity contribution is 6.07. The molecule has 29 heavy (non-hydrogen) atoms. The Morgan fingerprint density at radius 1 is 1.07 bits per heavy atom. The van der Waals surface area contributed by atoms with Crippen molar-refractivity contribution in [2.45, 2.75) is 12.8 Å². The van der Waals surface area contributed by atoms with Gasteiger partial charge in [-0.3, -0.25) is 19.7 Å². The lowest BCUT2D eigenvalue weighted by molar-refractivity contribution is -0.384. The number of anilines is 2. The van der Waals surface area contributed by atoms with Crippen molar-refractivity contribution in [3.8, 4) is 11.3 Å². The molecule has 0 unspecified atom stereocenters. The molecule has 0 bridgehead atoms. The average Bonchev–Trinajstić information content (AvgIpc) is 3.38. The quantitative estimate of drug-likeness (QED) is 0.517. The molecule has 1 aromatic heterocycles. The Morgan fingerprint density at radius 2 is 1.83 bits per heavy atom. The number of nitro benzene ring substituents is 1. The van der Waals surface area contributed by atoms with Crippen LogP contribution >= 0.6 is 0 Å². The van der Waals surface area contributed by atoms with E-state index in [4.69, 9.17) is 4.42 Å². The first-order chi connectivity index (χ1) is 14.0. The van der Waals surface area contributed by atoms with Gasteiger partial charge in [-0.05, 0) is 42.8 Å². The number of amides is 2. The van der Waals surface area contributed by atoms with Crippen LogP contribution in [0.3, 0.4) is 0 Å². The zero-order chi connectivity index (χ0) is 20.4. The molecule has 1 fully saturated rings. The molecule has 0 aliphatic carbocycles. The van der Waals surface area contributed by atoms with E-state index in [9.17, 15) is 19.7 Å². The summed E-state index contributed by atoms with van der Waals surface area (Å²) in [5.74, 6) is 0.108. The highest BCUT2D eigenvalue weighted by atomic mass is 16.6. The van der Waals surface area contributed by atoms with Crippen LogP contribution in [-0.2, 0) is 4.79 Å². The average molecular weight is 391 g/mol. The molecule has 0 radical (unpaired) electrons. The third-order valence-corrected chi connectivity index (χ3v) is 4.71. The van der Waals surface area contributed by atoms with Crippen LogP contribution in [0.5, 0.6) is 0 Å². The molecule has 2 heterocycles. The molecular formula is C21H17N3O5. The largest absolute Gasteiger partial charge is 0.451 e. The topological polar surface area (TPSA) is 106 Å². The molecule has 1 aliphatic heterocycles. The number of furan rings is 1. The first-order valence-electron chi connectivity index (χ1n) is 9.08. The number of carbonyl (C=O) groups excluding carboxylic acids is 2. The van der Waals surface area contributed by atoms with Crippen LogP contribution in [0.4, 0.5) is 17.1 Å². The summed E-state index contributed by atoms with van der Waals surface area (Å²) in [6.45, 7) is 0.622. The monoisotopic (exact) mass is 391 g/mol. The molecule has 0 atom stereocenters. The molecule has 1 N–H and O–H groups in total. The smallest absolute Gasteiger partial charge is 0.291 e. The van der Waals surface area contributed by atoms with Gasteiger partial charge in [0.2, 0.25) is 5.91 Å². The van der Waals surface area contributed by atoms with E-state index in [1.165, 1.54) is 18.2 Å². The van der Waals surface area contributed by atoms with E-state index < -0.39 is 10.8 Å². The maximum Gasteiger partial charge on any atom is 0.291 e. The minimum Gasteiger partial charge on any atom is -0.451 e. The van der Waals surface area contributed by atoms with Crippen molar-refractivity contribution in [3.05, 3.63) is 76.5 Å². The van der Waals surface area contributed by atoms with E-state index in [0.717, 1.165) is 6.42 Å². The first kappa shape index (κ1) is 18.4. The number of hydrogen-bond acceptors (Lipinski definition) is 5. The fourth-order valence-corrected chi connectivity index (χ4v) is 3.26. The molecule has 1 saturated heterocycles. The fraction of sp³-hybridized carbons (Fsp3) is 0.143. The fourth-order valence-electron chi connectivity index (χ4n) is 3.26. The van der Waals surface area contributed by atoms with Gasteiger partial charge in [0.05, 0.1) is 16.3 Å². The zero-order valence-electron chi connectivity index (χ0n) is 15.3. The van der Waals surface area contributed by atoms with Crippen LogP contribution in [0.1, 0.15) is 23.4 Å². The highest BCUT2D eigenvalue weighted by Crippen LogP contribution is 2.30. The van der Waals surface area contributed by atoms with Gasteiger partial charge >= 0.3 is 0 Å². The Morgan fingerprint density at radius 3 is 2.52 bits per heavy atom. The van der Waals surface area contributed by atoms with Crippen LogP contribution in [0.25, 0.3) is 11.3 Å². The van der Waals surface area contributed by atoms with E-state index >= 15 is 0 Å². The Hall–Kier alpha value is -3.94. The molecule has 0 saturated carbocycles. The van der Waals surface area contributed by atoms with Crippen molar-refractivity contribution >= 4 is 28.9 Å². The van der Waals surface area contributed by atoms with Gasteiger partial charge in [-0.15, -0.1) is 0 Å². The Kier molecular flexibility index (Phi) is 4.82. The molecule has 0 spiro atoms. The van der Waals surface area contributed by atoms with Gasteiger partial charge < -0.3 is 14.6 Å². The number of non-ortho nitro benzene ring substituents is 1. The Balaban J connectivity index is 1.53. The van der Waals surface area contributed by atoms with Gasteiger partial charge in [-0.1, -0.05) is 12.1 Å². The molecule has 1 aliphatic rings. The molecule has 146 valence electrons. The van der Waals surface area contributed by atoms with Gasteiger partial charge in [0, 0.05) is 30.7 Å². The van der Waals surface area contributed by atoms with Crippen LogP contribution in [0, 0.1) is 10.1 Å². The van der Waals surface area contributed by atoms with Crippen molar-refractivity contribution < 1.29 is 18.9 Å². The molecule has 2 amide bonds. The summed E-state index contributed by atoms with van der Waals surface area (Å²) in [5, 5.41) is 13.6. The minimum absolute atomic E-state index is 0.0219. The first-order valence-corrected chi connectivity index (χ1v) is 9.08. The second kappa shape index (κ2) is 7.59. The van der Waals surface area contributed by atoms with Crippen LogP contribution < -0.4 is 10.2 Å². The lowest BCUT2D eigenvalue weighted by Gasteiger charge is -2.19. The van der Waals surface area contributed by atoms with E-state index in [0.29, 0.717) is 35.7 Å². The van der Waals surface area contributed by atoms with E-state index in [1.54, 1.807) is 41.3 Å². The molecule has 8 heteroatoms. The third-order valence-electron chi connectivity index (χ3n) is 4.71. The molecule has 3 aromatic rings. The van der Waals surface area contributed by atoms with Gasteiger partial charge in [-0.25, -0.2) is 0 Å². The minimum atomic E-state index is -0.479. The summed E-state index contributed by atoms with van der Waals surface area (Å²) in [6.07, 6.45) is 1.29. The van der Waals surface area contributed by atoms with Crippen molar-refractivity contribution in [2.75, 3.05) is 16.8 Å². The Labute approximate surface area is 165 Å². The summed E-state index contributed by atoms with van der Waals surface area (Å²) in [4.78, 5) is 36.7. The van der Waals surface area contributed by atoms with Crippen LogP contribution in [0.2, 0.25) is 0 Å². The standard InChI is InChI=1S/C21H17N3O5/c25-20-6-3-13-23(20)17-5-2-1-4-16(17)22-21(26)19-12-11-18(29-19)14-7-9-15(10-8-14)24(27)28/h1-2,4-5,7-12H,3,6,13H2,(H,22,26). The molecule has 4 rings (SSSR count). The van der Waals surface area contributed by atoms with E-state index in [1.807, 2.05) is 6.07 Å². The highest BCUT2D eigenvalue weighted by Gasteiger charge is 2.24. The predicted octanol–water partition coefficient (Wildman–Crippen LogP) is 4.23. The lowest BCUT2D eigenvalue weighted by atomic mass is 10.1. The van der Waals surface area contributed by atoms with Crippen LogP contribution in [0.15, 0.2) is 65.1 Å². The molecule has 8 nitrogen and oxygen atoms in total. The maximum absolute atomic E-state index is 12.7. The maximum atomic E-state index is 12.7. The van der Waals surface area contributed by atoms with Crippen molar-refractivity contribution in [3.63, 3.8) is 0 Å². The number of nitro groups is 1. The number of benzene rings is 2. The van der Waals surface area contributed by atoms with Gasteiger partial charge in [0.15, 0.2) is 5.76 Å². The number of nitrogens with one attached hydrogen (secondary N) is 1. The van der Waals surface area contributed by atoms with E-state index in [-0.39, 0.29) is 17.4 Å². The van der Waals surface area contributed by atoms with Crippen molar-refractivity contribution in [1.29, 1.82) is 0 Å². The van der Waals surface area contributed by atoms with Crippen molar-refractivity contribution in [2.24, 2.45) is 0 Å². The summed E-state index contributed by atoms with van der Waals surface area (Å²) < 4.78 is 5.63. The van der Waals surface area contributed by atoms with Gasteiger partial charge in [0.1, 0.15) is 5.76 Å². The summed E-state index contributed by atoms with van der Waals surface area (Å²) in [5.41, 5.74) is 1.79. The molecule has 2 aromatic carbocycles. The number of hydrogen-bond donors (Lipinski definition) is 1. The van der Waals surface area contributed by atoms with E-state index in [2.05, 4.69) is 5.32 Å². The summed E-state index contributed by atoms with van der Waals surface area (Å²) >= 11 is 0. The lowest BCUT2D eigenvalue weighted by Crippen LogP contribution is -2.25. The number of para-hydroxylation sites is 2. The number of rotatable bonds is 5. The second-order valence-electron chi connectivity index (χ2n) is 6.59. The summed E-state index contributed by atoms with van der Waals surface area (Å²) in [6, 6.07) is 16.2. The van der Waals surface area contributed by atoms with Gasteiger partial charge in [-0.2, -0.15) is 0 Å².